The third-order valence-electron chi connectivity index (χ3n) is 3.24. The maximum atomic E-state index is 11.6. The Morgan fingerprint density at radius 2 is 1.92 bits per heavy atom. The van der Waals surface area contributed by atoms with E-state index in [1.54, 1.807) is 24.3 Å². The number of aromatic nitrogens is 2. The van der Waals surface area contributed by atoms with Crippen LogP contribution < -0.4 is 5.56 Å². The summed E-state index contributed by atoms with van der Waals surface area (Å²) in [6, 6.07) is 10.5. The SMILES string of the molecule is O=c1[nH]c(/C=C\c2ccc(-c3ccc(Cl)cc3)o2)nc(O)c1[N+](=O)[O-]. The molecule has 0 saturated carbocycles. The first-order chi connectivity index (χ1) is 11.9. The third kappa shape index (κ3) is 3.59. The van der Waals surface area contributed by atoms with Crippen LogP contribution in [0.25, 0.3) is 23.5 Å². The summed E-state index contributed by atoms with van der Waals surface area (Å²) in [6.45, 7) is 0. The Labute approximate surface area is 145 Å². The molecule has 0 aliphatic heterocycles. The van der Waals surface area contributed by atoms with Crippen LogP contribution in [0.2, 0.25) is 5.02 Å². The van der Waals surface area contributed by atoms with Crippen molar-refractivity contribution in [2.24, 2.45) is 0 Å². The minimum absolute atomic E-state index is 0.0439. The number of nitro groups is 1. The summed E-state index contributed by atoms with van der Waals surface area (Å²) in [5, 5.41) is 20.7. The quantitative estimate of drug-likeness (QED) is 0.543. The number of furan rings is 1. The van der Waals surface area contributed by atoms with Crippen molar-refractivity contribution >= 4 is 29.4 Å². The first kappa shape index (κ1) is 16.5. The number of halogens is 1. The molecule has 0 radical (unpaired) electrons. The van der Waals surface area contributed by atoms with E-state index < -0.39 is 22.0 Å². The molecule has 8 nitrogen and oxygen atoms in total. The predicted molar refractivity (Wildman–Crippen MR) is 91.3 cm³/mol. The average Bonchev–Trinajstić information content (AvgIpc) is 3.01. The molecule has 0 bridgehead atoms. The lowest BCUT2D eigenvalue weighted by molar-refractivity contribution is -0.387. The fourth-order valence-electron chi connectivity index (χ4n) is 2.09. The van der Waals surface area contributed by atoms with E-state index in [1.807, 2.05) is 12.1 Å². The standard InChI is InChI=1S/C16H10ClN3O5/c17-10-3-1-9(2-4-10)12-7-5-11(25-12)6-8-13-18-15(21)14(20(23)24)16(22)19-13/h1-8H,(H2,18,19,21,22)/b8-6-. The zero-order chi connectivity index (χ0) is 18.0. The highest BCUT2D eigenvalue weighted by Crippen LogP contribution is 2.24. The molecule has 2 heterocycles. The summed E-state index contributed by atoms with van der Waals surface area (Å²) in [4.78, 5) is 27.0. The van der Waals surface area contributed by atoms with Gasteiger partial charge in [0.25, 0.3) is 5.88 Å². The molecule has 0 aliphatic rings. The smallest absolute Gasteiger partial charge is 0.395 e. The summed E-state index contributed by atoms with van der Waals surface area (Å²) in [5.41, 5.74) is -1.21. The number of rotatable bonds is 4. The number of hydrogen-bond donors (Lipinski definition) is 2. The van der Waals surface area contributed by atoms with Crippen LogP contribution in [0.4, 0.5) is 5.69 Å². The van der Waals surface area contributed by atoms with Crippen LogP contribution in [0.15, 0.2) is 45.6 Å². The Morgan fingerprint density at radius 3 is 2.56 bits per heavy atom. The normalized spacial score (nSPS) is 11.1. The second kappa shape index (κ2) is 6.62. The van der Waals surface area contributed by atoms with Gasteiger partial charge in [-0.1, -0.05) is 11.6 Å². The fraction of sp³-hybridized carbons (Fsp3) is 0. The van der Waals surface area contributed by atoms with Crippen LogP contribution in [0, 0.1) is 10.1 Å². The minimum atomic E-state index is -1.04. The lowest BCUT2D eigenvalue weighted by Gasteiger charge is -1.97. The highest BCUT2D eigenvalue weighted by Gasteiger charge is 2.21. The molecule has 126 valence electrons. The van der Waals surface area contributed by atoms with Gasteiger partial charge in [-0.2, -0.15) is 4.98 Å². The highest BCUT2D eigenvalue weighted by molar-refractivity contribution is 6.30. The first-order valence-electron chi connectivity index (χ1n) is 6.95. The number of H-pyrrole nitrogens is 1. The van der Waals surface area contributed by atoms with E-state index in [0.29, 0.717) is 16.5 Å². The van der Waals surface area contributed by atoms with Crippen LogP contribution in [-0.2, 0) is 0 Å². The maximum absolute atomic E-state index is 11.6. The van der Waals surface area contributed by atoms with Crippen molar-refractivity contribution in [2.45, 2.75) is 0 Å². The average molecular weight is 360 g/mol. The molecular weight excluding hydrogens is 350 g/mol. The van der Waals surface area contributed by atoms with Crippen LogP contribution in [-0.4, -0.2) is 20.0 Å². The van der Waals surface area contributed by atoms with Gasteiger partial charge < -0.3 is 14.5 Å². The van der Waals surface area contributed by atoms with Crippen molar-refractivity contribution in [3.8, 4) is 17.2 Å². The van der Waals surface area contributed by atoms with Gasteiger partial charge in [-0.15, -0.1) is 0 Å². The summed E-state index contributed by atoms with van der Waals surface area (Å²) in [6.07, 6.45) is 2.86. The van der Waals surface area contributed by atoms with Gasteiger partial charge in [0.1, 0.15) is 17.3 Å². The largest absolute Gasteiger partial charge is 0.488 e. The molecule has 2 N–H and O–H groups in total. The predicted octanol–water partition coefficient (Wildman–Crippen LogP) is 3.47. The number of nitrogens with one attached hydrogen (secondary N) is 1. The molecule has 9 heteroatoms. The molecule has 0 fully saturated rings. The second-order valence-corrected chi connectivity index (χ2v) is 5.36. The lowest BCUT2D eigenvalue weighted by Crippen LogP contribution is -2.14. The molecule has 0 saturated heterocycles. The Hall–Kier alpha value is -3.39. The first-order valence-corrected chi connectivity index (χ1v) is 7.33. The van der Waals surface area contributed by atoms with E-state index >= 15 is 0 Å². The van der Waals surface area contributed by atoms with Crippen molar-refractivity contribution in [1.29, 1.82) is 0 Å². The molecule has 0 amide bonds. The van der Waals surface area contributed by atoms with Gasteiger partial charge in [0.15, 0.2) is 0 Å². The van der Waals surface area contributed by atoms with E-state index in [2.05, 4.69) is 9.97 Å². The molecule has 0 atom stereocenters. The molecule has 2 aromatic heterocycles. The van der Waals surface area contributed by atoms with E-state index in [9.17, 15) is 20.0 Å². The number of hydrogen-bond acceptors (Lipinski definition) is 6. The molecule has 3 rings (SSSR count). The number of aromatic amines is 1. The molecule has 0 spiro atoms. The molecule has 3 aromatic rings. The number of nitrogens with zero attached hydrogens (tertiary/aromatic N) is 2. The van der Waals surface area contributed by atoms with Gasteiger partial charge in [-0.05, 0) is 48.6 Å². The van der Waals surface area contributed by atoms with Crippen molar-refractivity contribution in [3.63, 3.8) is 0 Å². The monoisotopic (exact) mass is 359 g/mol. The van der Waals surface area contributed by atoms with Gasteiger partial charge >= 0.3 is 11.2 Å². The third-order valence-corrected chi connectivity index (χ3v) is 3.49. The minimum Gasteiger partial charge on any atom is -0.488 e. The maximum Gasteiger partial charge on any atom is 0.395 e. The van der Waals surface area contributed by atoms with E-state index in [1.165, 1.54) is 12.2 Å². The zero-order valence-corrected chi connectivity index (χ0v) is 13.2. The van der Waals surface area contributed by atoms with Crippen molar-refractivity contribution in [3.05, 3.63) is 73.5 Å². The number of benzene rings is 1. The molecule has 25 heavy (non-hydrogen) atoms. The van der Waals surface area contributed by atoms with Crippen LogP contribution in [0.5, 0.6) is 5.88 Å². The van der Waals surface area contributed by atoms with Crippen LogP contribution in [0.3, 0.4) is 0 Å². The van der Waals surface area contributed by atoms with Gasteiger partial charge in [0.05, 0.1) is 4.92 Å². The van der Waals surface area contributed by atoms with Crippen molar-refractivity contribution < 1.29 is 14.4 Å². The summed E-state index contributed by atoms with van der Waals surface area (Å²) in [5.74, 6) is 0.0852. The van der Waals surface area contributed by atoms with Crippen molar-refractivity contribution in [1.82, 2.24) is 9.97 Å². The molecule has 1 aromatic carbocycles. The number of aromatic hydroxyl groups is 1. The Balaban J connectivity index is 1.85. The van der Waals surface area contributed by atoms with E-state index in [-0.39, 0.29) is 5.82 Å². The topological polar surface area (TPSA) is 122 Å². The Kier molecular flexibility index (Phi) is 4.36. The van der Waals surface area contributed by atoms with Crippen molar-refractivity contribution in [2.75, 3.05) is 0 Å². The summed E-state index contributed by atoms with van der Waals surface area (Å²) in [7, 11) is 0. The Bertz CT molecular complexity index is 1020. The van der Waals surface area contributed by atoms with E-state index in [0.717, 1.165) is 5.56 Å². The molecule has 0 aliphatic carbocycles. The van der Waals surface area contributed by atoms with Gasteiger partial charge in [-0.3, -0.25) is 14.9 Å². The fourth-order valence-corrected chi connectivity index (χ4v) is 2.21. The lowest BCUT2D eigenvalue weighted by atomic mass is 10.2. The van der Waals surface area contributed by atoms with Gasteiger partial charge in [-0.25, -0.2) is 0 Å². The molecular formula is C16H10ClN3O5. The Morgan fingerprint density at radius 1 is 1.20 bits per heavy atom. The van der Waals surface area contributed by atoms with Gasteiger partial charge in [0, 0.05) is 10.6 Å². The summed E-state index contributed by atoms with van der Waals surface area (Å²) < 4.78 is 5.63. The van der Waals surface area contributed by atoms with E-state index in [4.69, 9.17) is 16.0 Å². The van der Waals surface area contributed by atoms with Crippen LogP contribution in [0.1, 0.15) is 11.6 Å². The zero-order valence-electron chi connectivity index (χ0n) is 12.5. The molecule has 0 unspecified atom stereocenters. The highest BCUT2D eigenvalue weighted by atomic mass is 35.5. The summed E-state index contributed by atoms with van der Waals surface area (Å²) >= 11 is 5.84. The second-order valence-electron chi connectivity index (χ2n) is 4.92. The van der Waals surface area contributed by atoms with Crippen LogP contribution >= 0.6 is 11.6 Å². The van der Waals surface area contributed by atoms with Gasteiger partial charge in [0.2, 0.25) is 0 Å².